The third-order valence-electron chi connectivity index (χ3n) is 8.86. The lowest BCUT2D eigenvalue weighted by molar-refractivity contribution is -0.153. The van der Waals surface area contributed by atoms with Crippen molar-refractivity contribution in [3.63, 3.8) is 0 Å². The van der Waals surface area contributed by atoms with Gasteiger partial charge < -0.3 is 24.8 Å². The molecular weight excluding hydrogens is 552 g/mol. The minimum atomic E-state index is -1.07. The second kappa shape index (κ2) is 14.4. The number of esters is 1. The molecule has 2 amide bonds. The molecule has 1 aromatic heterocycles. The summed E-state index contributed by atoms with van der Waals surface area (Å²) in [6.07, 6.45) is 4.51. The SMILES string of the molecule is COC(=O)C1(NC(=O)CCc2ccccc2)CCN(CC(C(=O)N(C)CCc2c[nH]c3ccccc23)c2ccccc2)CC1. The van der Waals surface area contributed by atoms with E-state index < -0.39 is 11.5 Å². The lowest BCUT2D eigenvalue weighted by Crippen LogP contribution is -2.60. The number of piperidine rings is 1. The van der Waals surface area contributed by atoms with Crippen LogP contribution in [0.3, 0.4) is 0 Å². The molecule has 0 spiro atoms. The topological polar surface area (TPSA) is 94.7 Å². The number of hydrogen-bond acceptors (Lipinski definition) is 5. The highest BCUT2D eigenvalue weighted by molar-refractivity contribution is 5.88. The summed E-state index contributed by atoms with van der Waals surface area (Å²) in [6, 6.07) is 27.9. The Morgan fingerprint density at radius 1 is 0.932 bits per heavy atom. The first-order chi connectivity index (χ1) is 21.4. The number of para-hydroxylation sites is 1. The van der Waals surface area contributed by atoms with Crippen molar-refractivity contribution in [3.05, 3.63) is 108 Å². The molecule has 1 unspecified atom stereocenters. The van der Waals surface area contributed by atoms with Crippen molar-refractivity contribution in [2.75, 3.05) is 40.3 Å². The second-order valence-corrected chi connectivity index (χ2v) is 11.7. The first-order valence-corrected chi connectivity index (χ1v) is 15.4. The van der Waals surface area contributed by atoms with Gasteiger partial charge in [-0.3, -0.25) is 9.59 Å². The van der Waals surface area contributed by atoms with Gasteiger partial charge >= 0.3 is 5.97 Å². The molecule has 8 nitrogen and oxygen atoms in total. The first kappa shape index (κ1) is 31.0. The zero-order valence-corrected chi connectivity index (χ0v) is 25.6. The predicted molar refractivity (Wildman–Crippen MR) is 172 cm³/mol. The fourth-order valence-corrected chi connectivity index (χ4v) is 6.20. The number of carbonyl (C=O) groups excluding carboxylic acids is 3. The van der Waals surface area contributed by atoms with Crippen LogP contribution in [0, 0.1) is 0 Å². The number of aromatic amines is 1. The van der Waals surface area contributed by atoms with Crippen LogP contribution in [0.1, 0.15) is 41.9 Å². The molecular formula is C36H42N4O4. The average Bonchev–Trinajstić information content (AvgIpc) is 3.49. The van der Waals surface area contributed by atoms with E-state index in [1.165, 1.54) is 18.1 Å². The highest BCUT2D eigenvalue weighted by Crippen LogP contribution is 2.28. The monoisotopic (exact) mass is 594 g/mol. The number of carbonyl (C=O) groups is 3. The van der Waals surface area contributed by atoms with Crippen molar-refractivity contribution < 1.29 is 19.1 Å². The van der Waals surface area contributed by atoms with Gasteiger partial charge in [0.1, 0.15) is 5.54 Å². The molecule has 0 aliphatic carbocycles. The fourth-order valence-electron chi connectivity index (χ4n) is 6.20. The van der Waals surface area contributed by atoms with Crippen LogP contribution in [0.25, 0.3) is 10.9 Å². The molecule has 1 saturated heterocycles. The summed E-state index contributed by atoms with van der Waals surface area (Å²) in [7, 11) is 3.24. The Kier molecular flexibility index (Phi) is 10.1. The van der Waals surface area contributed by atoms with Crippen LogP contribution in [0.2, 0.25) is 0 Å². The quantitative estimate of drug-likeness (QED) is 0.232. The molecule has 2 heterocycles. The highest BCUT2D eigenvalue weighted by Gasteiger charge is 2.44. The van der Waals surface area contributed by atoms with Gasteiger partial charge in [0.25, 0.3) is 0 Å². The minimum Gasteiger partial charge on any atom is -0.467 e. The number of hydrogen-bond donors (Lipinski definition) is 2. The van der Waals surface area contributed by atoms with E-state index >= 15 is 0 Å². The van der Waals surface area contributed by atoms with Crippen molar-refractivity contribution in [1.82, 2.24) is 20.1 Å². The molecule has 1 aliphatic rings. The van der Waals surface area contributed by atoms with E-state index in [1.807, 2.05) is 90.9 Å². The van der Waals surface area contributed by atoms with E-state index in [9.17, 15) is 14.4 Å². The van der Waals surface area contributed by atoms with Gasteiger partial charge in [-0.05, 0) is 48.4 Å². The molecule has 1 atom stereocenters. The van der Waals surface area contributed by atoms with Crippen LogP contribution in [0.15, 0.2) is 91.1 Å². The Balaban J connectivity index is 1.22. The largest absolute Gasteiger partial charge is 0.467 e. The van der Waals surface area contributed by atoms with Gasteiger partial charge in [0.05, 0.1) is 13.0 Å². The molecule has 0 radical (unpaired) electrons. The Morgan fingerprint density at radius 2 is 1.59 bits per heavy atom. The standard InChI is InChI=1S/C36H42N4O4/c1-39(22-19-29-25-37-32-16-10-9-15-30(29)32)34(42)31(28-13-7-4-8-14-28)26-40-23-20-36(21-24-40,35(43)44-2)38-33(41)18-17-27-11-5-3-6-12-27/h3-16,25,31,37H,17-24,26H2,1-2H3,(H,38,41). The van der Waals surface area contributed by atoms with E-state index in [0.29, 0.717) is 51.9 Å². The van der Waals surface area contributed by atoms with Crippen molar-refractivity contribution in [1.29, 1.82) is 0 Å². The van der Waals surface area contributed by atoms with Gasteiger partial charge in [0.15, 0.2) is 0 Å². The van der Waals surface area contributed by atoms with Gasteiger partial charge in [-0.15, -0.1) is 0 Å². The number of benzene rings is 3. The summed E-state index contributed by atoms with van der Waals surface area (Å²) < 4.78 is 5.16. The second-order valence-electron chi connectivity index (χ2n) is 11.7. The van der Waals surface area contributed by atoms with Crippen LogP contribution in [0.5, 0.6) is 0 Å². The van der Waals surface area contributed by atoms with Crippen LogP contribution in [0.4, 0.5) is 0 Å². The minimum absolute atomic E-state index is 0.0649. The summed E-state index contributed by atoms with van der Waals surface area (Å²) in [5.74, 6) is -0.870. The maximum atomic E-state index is 13.9. The number of nitrogens with one attached hydrogen (secondary N) is 2. The van der Waals surface area contributed by atoms with E-state index in [1.54, 1.807) is 0 Å². The predicted octanol–water partition coefficient (Wildman–Crippen LogP) is 4.71. The molecule has 44 heavy (non-hydrogen) atoms. The summed E-state index contributed by atoms with van der Waals surface area (Å²) in [5, 5.41) is 4.21. The van der Waals surface area contributed by atoms with E-state index in [0.717, 1.165) is 23.1 Å². The molecule has 0 saturated carbocycles. The highest BCUT2D eigenvalue weighted by atomic mass is 16.5. The maximum absolute atomic E-state index is 13.9. The number of amides is 2. The summed E-state index contributed by atoms with van der Waals surface area (Å²) in [6.45, 7) is 2.25. The number of aromatic nitrogens is 1. The lowest BCUT2D eigenvalue weighted by Gasteiger charge is -2.41. The molecule has 1 aliphatic heterocycles. The molecule has 0 bridgehead atoms. The van der Waals surface area contributed by atoms with Crippen molar-refractivity contribution in [2.24, 2.45) is 0 Å². The fraction of sp³-hybridized carbons (Fsp3) is 0.361. The number of fused-ring (bicyclic) bond motifs is 1. The van der Waals surface area contributed by atoms with Gasteiger partial charge in [-0.1, -0.05) is 78.9 Å². The third-order valence-corrected chi connectivity index (χ3v) is 8.86. The normalized spacial score (nSPS) is 15.4. The van der Waals surface area contributed by atoms with Gasteiger partial charge in [-0.25, -0.2) is 4.79 Å². The third kappa shape index (κ3) is 7.37. The summed E-state index contributed by atoms with van der Waals surface area (Å²) >= 11 is 0. The number of nitrogens with zero attached hydrogens (tertiary/aromatic N) is 2. The van der Waals surface area contributed by atoms with Crippen molar-refractivity contribution in [2.45, 2.75) is 43.6 Å². The molecule has 1 fully saturated rings. The first-order valence-electron chi connectivity index (χ1n) is 15.4. The number of H-pyrrole nitrogens is 1. The van der Waals surface area contributed by atoms with Gasteiger partial charge in [0, 0.05) is 56.7 Å². The Hall–Kier alpha value is -4.43. The number of likely N-dealkylation sites (tertiary alicyclic amines) is 1. The van der Waals surface area contributed by atoms with Crippen molar-refractivity contribution >= 4 is 28.7 Å². The van der Waals surface area contributed by atoms with Crippen molar-refractivity contribution in [3.8, 4) is 0 Å². The smallest absolute Gasteiger partial charge is 0.331 e. The Bertz CT molecular complexity index is 1540. The maximum Gasteiger partial charge on any atom is 0.331 e. The van der Waals surface area contributed by atoms with E-state index in [4.69, 9.17) is 4.74 Å². The zero-order chi connectivity index (χ0) is 30.9. The lowest BCUT2D eigenvalue weighted by atomic mass is 9.86. The van der Waals surface area contributed by atoms with Crippen LogP contribution in [-0.4, -0.2) is 78.4 Å². The molecule has 230 valence electrons. The van der Waals surface area contributed by atoms with Crippen LogP contribution < -0.4 is 5.32 Å². The molecule has 5 rings (SSSR count). The zero-order valence-electron chi connectivity index (χ0n) is 25.6. The molecule has 8 heteroatoms. The average molecular weight is 595 g/mol. The number of ether oxygens (including phenoxy) is 1. The number of rotatable bonds is 12. The summed E-state index contributed by atoms with van der Waals surface area (Å²) in [4.78, 5) is 47.2. The van der Waals surface area contributed by atoms with E-state index in [-0.39, 0.29) is 17.7 Å². The van der Waals surface area contributed by atoms with Gasteiger partial charge in [0.2, 0.25) is 11.8 Å². The van der Waals surface area contributed by atoms with Gasteiger partial charge in [-0.2, -0.15) is 0 Å². The number of aryl methyl sites for hydroxylation is 1. The number of methoxy groups -OCH3 is 1. The molecule has 4 aromatic rings. The summed E-state index contributed by atoms with van der Waals surface area (Å²) in [5.41, 5.74) is 3.27. The Morgan fingerprint density at radius 3 is 2.30 bits per heavy atom. The van der Waals surface area contributed by atoms with Crippen LogP contribution in [-0.2, 0) is 32.0 Å². The molecule has 3 aromatic carbocycles. The van der Waals surface area contributed by atoms with E-state index in [2.05, 4.69) is 27.3 Å². The van der Waals surface area contributed by atoms with Crippen LogP contribution >= 0.6 is 0 Å². The number of likely N-dealkylation sites (N-methyl/N-ethyl adjacent to an activating group) is 1. The Labute approximate surface area is 259 Å². The molecule has 2 N–H and O–H groups in total.